The zero-order valence-corrected chi connectivity index (χ0v) is 17.3. The molecule has 3 heterocycles. The molecule has 1 N–H and O–H groups in total. The summed E-state index contributed by atoms with van der Waals surface area (Å²) in [5, 5.41) is 11.3. The maximum Gasteiger partial charge on any atom is 0.131 e. The number of fused-ring (bicyclic) bond motifs is 1. The summed E-state index contributed by atoms with van der Waals surface area (Å²) in [6, 6.07) is 9.67. The van der Waals surface area contributed by atoms with Crippen molar-refractivity contribution in [2.45, 2.75) is 38.2 Å². The van der Waals surface area contributed by atoms with E-state index in [-0.39, 0.29) is 6.10 Å². The number of thiazole rings is 1. The molecule has 1 fully saturated rings. The Morgan fingerprint density at radius 2 is 1.87 bits per heavy atom. The van der Waals surface area contributed by atoms with Crippen LogP contribution >= 0.6 is 11.3 Å². The molecule has 0 radical (unpaired) electrons. The normalized spacial score (nSPS) is 19.1. The molecule has 3 aromatic heterocycles. The molecule has 0 spiro atoms. The van der Waals surface area contributed by atoms with Crippen molar-refractivity contribution in [2.75, 3.05) is 0 Å². The fraction of sp³-hybridized carbons (Fsp3) is 0.304. The third-order valence-electron chi connectivity index (χ3n) is 5.53. The van der Waals surface area contributed by atoms with Crippen molar-refractivity contribution < 1.29 is 9.84 Å². The average molecular weight is 419 g/mol. The van der Waals surface area contributed by atoms with Crippen molar-refractivity contribution in [2.24, 2.45) is 5.92 Å². The number of hydrogen-bond acceptors (Lipinski definition) is 7. The molecule has 2 atom stereocenters. The van der Waals surface area contributed by atoms with E-state index in [1.165, 1.54) is 12.7 Å². The minimum atomic E-state index is -0.194. The summed E-state index contributed by atoms with van der Waals surface area (Å²) >= 11 is 1.69. The van der Waals surface area contributed by atoms with Crippen molar-refractivity contribution >= 4 is 21.6 Å². The minimum Gasteiger partial charge on any atom is -0.457 e. The van der Waals surface area contributed by atoms with Crippen molar-refractivity contribution in [3.8, 4) is 22.8 Å². The summed E-state index contributed by atoms with van der Waals surface area (Å²) < 4.78 is 7.18. The van der Waals surface area contributed by atoms with Gasteiger partial charge in [-0.3, -0.25) is 4.98 Å². The first kappa shape index (κ1) is 19.1. The van der Waals surface area contributed by atoms with Gasteiger partial charge in [-0.15, -0.1) is 11.3 Å². The Morgan fingerprint density at radius 3 is 2.73 bits per heavy atom. The molecular formula is C23H22N4O2S. The molecule has 0 saturated heterocycles. The molecule has 1 saturated carbocycles. The van der Waals surface area contributed by atoms with Crippen LogP contribution < -0.4 is 4.74 Å². The highest BCUT2D eigenvalue weighted by molar-refractivity contribution is 7.18. The van der Waals surface area contributed by atoms with Gasteiger partial charge in [0.1, 0.15) is 17.8 Å². The predicted octanol–water partition coefficient (Wildman–Crippen LogP) is 5.03. The van der Waals surface area contributed by atoms with Gasteiger partial charge in [-0.05, 0) is 37.0 Å². The Labute approximate surface area is 178 Å². The van der Waals surface area contributed by atoms with Gasteiger partial charge >= 0.3 is 0 Å². The maximum absolute atomic E-state index is 10.3. The van der Waals surface area contributed by atoms with Gasteiger partial charge in [0.05, 0.1) is 27.0 Å². The molecular weight excluding hydrogens is 396 g/mol. The number of aromatic nitrogens is 4. The highest BCUT2D eigenvalue weighted by atomic mass is 32.1. The van der Waals surface area contributed by atoms with Crippen molar-refractivity contribution in [1.82, 2.24) is 19.9 Å². The lowest BCUT2D eigenvalue weighted by molar-refractivity contribution is 0.0700. The van der Waals surface area contributed by atoms with Gasteiger partial charge in [0.15, 0.2) is 0 Å². The van der Waals surface area contributed by atoms with E-state index in [0.29, 0.717) is 11.7 Å². The van der Waals surface area contributed by atoms with E-state index in [9.17, 15) is 5.11 Å². The Bertz CT molecular complexity index is 1150. The second-order valence-corrected chi connectivity index (χ2v) is 8.77. The van der Waals surface area contributed by atoms with E-state index in [1.807, 2.05) is 30.3 Å². The molecule has 6 nitrogen and oxygen atoms in total. The fourth-order valence-electron chi connectivity index (χ4n) is 3.95. The first-order valence-electron chi connectivity index (χ1n) is 10.2. The van der Waals surface area contributed by atoms with Crippen LogP contribution in [0.4, 0.5) is 0 Å². The summed E-state index contributed by atoms with van der Waals surface area (Å²) in [6.45, 7) is 0. The molecule has 5 rings (SSSR count). The lowest BCUT2D eigenvalue weighted by Gasteiger charge is -2.26. The monoisotopic (exact) mass is 418 g/mol. The number of nitrogens with zero attached hydrogens (tertiary/aromatic N) is 4. The lowest BCUT2D eigenvalue weighted by Crippen LogP contribution is -2.26. The Balaban J connectivity index is 1.34. The van der Waals surface area contributed by atoms with Crippen LogP contribution in [-0.4, -0.2) is 31.1 Å². The molecule has 1 aromatic carbocycles. The van der Waals surface area contributed by atoms with E-state index < -0.39 is 0 Å². The molecule has 30 heavy (non-hydrogen) atoms. The number of hydrogen-bond donors (Lipinski definition) is 1. The molecule has 0 bridgehead atoms. The summed E-state index contributed by atoms with van der Waals surface area (Å²) in [5.74, 6) is 1.79. The third kappa shape index (κ3) is 4.17. The van der Waals surface area contributed by atoms with Crippen LogP contribution in [0.5, 0.6) is 11.5 Å². The van der Waals surface area contributed by atoms with Crippen molar-refractivity contribution in [3.63, 3.8) is 0 Å². The minimum absolute atomic E-state index is 0.194. The van der Waals surface area contributed by atoms with E-state index in [4.69, 9.17) is 9.72 Å². The largest absolute Gasteiger partial charge is 0.457 e. The molecule has 7 heteroatoms. The van der Waals surface area contributed by atoms with Crippen LogP contribution in [0.3, 0.4) is 0 Å². The highest BCUT2D eigenvalue weighted by Gasteiger charge is 2.24. The van der Waals surface area contributed by atoms with Crippen LogP contribution in [0, 0.1) is 5.92 Å². The Morgan fingerprint density at radius 1 is 1.03 bits per heavy atom. The number of pyridine rings is 1. The molecule has 152 valence electrons. The van der Waals surface area contributed by atoms with Crippen LogP contribution in [0.2, 0.25) is 0 Å². The third-order valence-corrected chi connectivity index (χ3v) is 6.57. The smallest absolute Gasteiger partial charge is 0.131 e. The number of rotatable bonds is 5. The average Bonchev–Trinajstić information content (AvgIpc) is 3.18. The van der Waals surface area contributed by atoms with Gasteiger partial charge in [0.2, 0.25) is 0 Å². The molecule has 4 aromatic rings. The van der Waals surface area contributed by atoms with Crippen LogP contribution in [0.25, 0.3) is 21.5 Å². The Kier molecular flexibility index (Phi) is 5.38. The van der Waals surface area contributed by atoms with Crippen molar-refractivity contribution in [1.29, 1.82) is 0 Å². The van der Waals surface area contributed by atoms with Gasteiger partial charge < -0.3 is 9.84 Å². The molecule has 0 amide bonds. The zero-order valence-electron chi connectivity index (χ0n) is 16.4. The Hall–Kier alpha value is -2.90. The van der Waals surface area contributed by atoms with Crippen LogP contribution in [-0.2, 0) is 6.42 Å². The first-order valence-corrected chi connectivity index (χ1v) is 11.0. The van der Waals surface area contributed by atoms with Crippen LogP contribution in [0.1, 0.15) is 30.7 Å². The predicted molar refractivity (Wildman–Crippen MR) is 117 cm³/mol. The van der Waals surface area contributed by atoms with Gasteiger partial charge in [0.25, 0.3) is 0 Å². The summed E-state index contributed by atoms with van der Waals surface area (Å²) in [7, 11) is 0. The van der Waals surface area contributed by atoms with Crippen LogP contribution in [0.15, 0.2) is 55.2 Å². The lowest BCUT2D eigenvalue weighted by atomic mass is 9.84. The molecule has 1 aliphatic carbocycles. The molecule has 0 unspecified atom stereocenters. The van der Waals surface area contributed by atoms with Crippen molar-refractivity contribution in [3.05, 3.63) is 60.3 Å². The number of aliphatic hydroxyl groups excluding tert-OH is 1. The van der Waals surface area contributed by atoms with E-state index in [1.54, 1.807) is 29.9 Å². The standard InChI is InChI=1S/C23H22N4O2S/c28-21-4-2-1-3-15(21)9-23-27-19-6-5-17(11-22(19)30-23)29-18-7-8-26-20(10-18)16-12-24-14-25-13-16/h5-8,10-15,21,28H,1-4,9H2/t15-,21+/m0/s1. The second-order valence-electron chi connectivity index (χ2n) is 7.66. The molecule has 1 aliphatic rings. The summed E-state index contributed by atoms with van der Waals surface area (Å²) in [6.07, 6.45) is 11.7. The van der Waals surface area contributed by atoms with Gasteiger partial charge in [-0.25, -0.2) is 15.0 Å². The second kappa shape index (κ2) is 8.45. The zero-order chi connectivity index (χ0) is 20.3. The SMILES string of the molecule is O[C@@H]1CCCC[C@H]1Cc1nc2ccc(Oc3ccnc(-c4cncnc4)c3)cc2s1. The van der Waals surface area contributed by atoms with E-state index in [2.05, 4.69) is 15.0 Å². The highest BCUT2D eigenvalue weighted by Crippen LogP contribution is 2.33. The van der Waals surface area contributed by atoms with Gasteiger partial charge in [-0.1, -0.05) is 12.8 Å². The van der Waals surface area contributed by atoms with Gasteiger partial charge in [-0.2, -0.15) is 0 Å². The number of aliphatic hydroxyl groups is 1. The van der Waals surface area contributed by atoms with E-state index in [0.717, 1.165) is 57.9 Å². The number of ether oxygens (including phenoxy) is 1. The van der Waals surface area contributed by atoms with Gasteiger partial charge in [0, 0.05) is 42.7 Å². The maximum atomic E-state index is 10.3. The van der Waals surface area contributed by atoms with E-state index >= 15 is 0 Å². The quantitative estimate of drug-likeness (QED) is 0.489. The first-order chi connectivity index (χ1) is 14.7. The number of benzene rings is 1. The topological polar surface area (TPSA) is 81.0 Å². The summed E-state index contributed by atoms with van der Waals surface area (Å²) in [5.41, 5.74) is 2.58. The fourth-order valence-corrected chi connectivity index (χ4v) is 5.04. The molecule has 0 aliphatic heterocycles. The summed E-state index contributed by atoms with van der Waals surface area (Å²) in [4.78, 5) is 17.2.